The summed E-state index contributed by atoms with van der Waals surface area (Å²) in [4.78, 5) is 24.5. The van der Waals surface area contributed by atoms with Gasteiger partial charge < -0.3 is 9.15 Å². The number of carbonyl (C=O) groups is 1. The Labute approximate surface area is 190 Å². The maximum Gasteiger partial charge on any atom is 0.338 e. The van der Waals surface area contributed by atoms with Crippen LogP contribution in [0.5, 0.6) is 0 Å². The van der Waals surface area contributed by atoms with Crippen molar-refractivity contribution in [1.82, 2.24) is 4.31 Å². The topological polar surface area (TPSA) is 93.9 Å². The second-order valence-electron chi connectivity index (χ2n) is 7.78. The molecule has 0 saturated carbocycles. The Morgan fingerprint density at radius 2 is 1.84 bits per heavy atom. The van der Waals surface area contributed by atoms with Gasteiger partial charge >= 0.3 is 11.6 Å². The van der Waals surface area contributed by atoms with Gasteiger partial charge in [-0.15, -0.1) is 0 Å². The third-order valence-electron chi connectivity index (χ3n) is 5.44. The molecule has 7 nitrogen and oxygen atoms in total. The molecule has 0 bridgehead atoms. The number of ether oxygens (including phenoxy) is 1. The summed E-state index contributed by atoms with van der Waals surface area (Å²) in [6.45, 7) is 2.57. The molecule has 1 saturated heterocycles. The van der Waals surface area contributed by atoms with Gasteiger partial charge in [0.25, 0.3) is 0 Å². The van der Waals surface area contributed by atoms with Crippen LogP contribution in [0.4, 0.5) is 0 Å². The average molecular weight is 476 g/mol. The van der Waals surface area contributed by atoms with Crippen molar-refractivity contribution in [2.24, 2.45) is 0 Å². The molecule has 1 aliphatic rings. The molecule has 1 fully saturated rings. The molecule has 0 spiro atoms. The molecule has 3 aromatic rings. The van der Waals surface area contributed by atoms with E-state index in [4.69, 9.17) is 20.8 Å². The van der Waals surface area contributed by atoms with E-state index < -0.39 is 21.6 Å². The molecular weight excluding hydrogens is 454 g/mol. The van der Waals surface area contributed by atoms with Gasteiger partial charge in [-0.1, -0.05) is 30.2 Å². The molecule has 4 rings (SSSR count). The first-order valence-electron chi connectivity index (χ1n) is 10.3. The number of rotatable bonds is 5. The minimum absolute atomic E-state index is 0.0501. The van der Waals surface area contributed by atoms with Gasteiger partial charge in [-0.2, -0.15) is 4.31 Å². The zero-order chi connectivity index (χ0) is 22.9. The maximum absolute atomic E-state index is 13.0. The van der Waals surface area contributed by atoms with Gasteiger partial charge in [-0.05, 0) is 49.6 Å². The lowest BCUT2D eigenvalue weighted by Crippen LogP contribution is -2.35. The third kappa shape index (κ3) is 4.57. The molecule has 0 amide bonds. The molecule has 9 heteroatoms. The van der Waals surface area contributed by atoms with Crippen LogP contribution in [0.3, 0.4) is 0 Å². The fourth-order valence-electron chi connectivity index (χ4n) is 3.76. The van der Waals surface area contributed by atoms with Crippen molar-refractivity contribution in [1.29, 1.82) is 0 Å². The number of esters is 1. The quantitative estimate of drug-likeness (QED) is 0.403. The Kier molecular flexibility index (Phi) is 6.37. The number of piperidine rings is 1. The number of carbonyl (C=O) groups excluding carboxylic acids is 1. The molecule has 0 atom stereocenters. The number of halogens is 1. The van der Waals surface area contributed by atoms with Crippen LogP contribution in [-0.2, 0) is 21.4 Å². The summed E-state index contributed by atoms with van der Waals surface area (Å²) in [5.41, 5.74) is 1.35. The van der Waals surface area contributed by atoms with Crippen LogP contribution in [0.2, 0.25) is 5.02 Å². The number of sulfonamides is 1. The zero-order valence-electron chi connectivity index (χ0n) is 17.5. The Morgan fingerprint density at radius 1 is 1.09 bits per heavy atom. The number of hydrogen-bond acceptors (Lipinski definition) is 6. The minimum Gasteiger partial charge on any atom is -0.457 e. The van der Waals surface area contributed by atoms with E-state index >= 15 is 0 Å². The first-order chi connectivity index (χ1) is 15.3. The van der Waals surface area contributed by atoms with Gasteiger partial charge in [0.05, 0.1) is 10.6 Å². The molecule has 2 aromatic carbocycles. The molecule has 0 radical (unpaired) electrons. The fourth-order valence-corrected chi connectivity index (χ4v) is 5.77. The van der Waals surface area contributed by atoms with E-state index in [2.05, 4.69) is 0 Å². The lowest BCUT2D eigenvalue weighted by molar-refractivity contribution is 0.0473. The number of fused-ring (bicyclic) bond motifs is 1. The predicted molar refractivity (Wildman–Crippen MR) is 120 cm³/mol. The van der Waals surface area contributed by atoms with Crippen molar-refractivity contribution >= 4 is 38.6 Å². The fraction of sp³-hybridized carbons (Fsp3) is 0.304. The van der Waals surface area contributed by atoms with E-state index in [1.54, 1.807) is 12.1 Å². The standard InChI is InChI=1S/C23H22ClNO6S/c1-15-5-7-18-17(13-22(26)31-20(18)11-15)14-30-23(27)16-6-8-19(24)21(12-16)32(28,29)25-9-3-2-4-10-25/h5-8,11-13H,2-4,9-10,14H2,1H3. The van der Waals surface area contributed by atoms with Crippen LogP contribution >= 0.6 is 11.6 Å². The molecule has 168 valence electrons. The first kappa shape index (κ1) is 22.5. The Hall–Kier alpha value is -2.68. The van der Waals surface area contributed by atoms with Crippen molar-refractivity contribution in [2.45, 2.75) is 37.7 Å². The SMILES string of the molecule is Cc1ccc2c(COC(=O)c3ccc(Cl)c(S(=O)(=O)N4CCCCC4)c3)cc(=O)oc2c1. The first-order valence-corrected chi connectivity index (χ1v) is 12.1. The van der Waals surface area contributed by atoms with Gasteiger partial charge in [0, 0.05) is 30.1 Å². The molecule has 0 unspecified atom stereocenters. The average Bonchev–Trinajstić information content (AvgIpc) is 2.77. The zero-order valence-corrected chi connectivity index (χ0v) is 19.0. The highest BCUT2D eigenvalue weighted by Crippen LogP contribution is 2.28. The monoisotopic (exact) mass is 475 g/mol. The predicted octanol–water partition coefficient (Wildman–Crippen LogP) is 4.29. The number of aryl methyl sites for hydroxylation is 1. The highest BCUT2D eigenvalue weighted by Gasteiger charge is 2.29. The molecule has 0 aliphatic carbocycles. The van der Waals surface area contributed by atoms with Gasteiger partial charge in [-0.3, -0.25) is 0 Å². The summed E-state index contributed by atoms with van der Waals surface area (Å²) in [5.74, 6) is -0.717. The smallest absolute Gasteiger partial charge is 0.338 e. The number of nitrogens with zero attached hydrogens (tertiary/aromatic N) is 1. The van der Waals surface area contributed by atoms with E-state index in [0.717, 1.165) is 24.8 Å². The van der Waals surface area contributed by atoms with E-state index in [-0.39, 0.29) is 22.1 Å². The Bertz CT molecular complexity index is 1340. The second-order valence-corrected chi connectivity index (χ2v) is 10.1. The van der Waals surface area contributed by atoms with Crippen LogP contribution in [0.15, 0.2) is 56.6 Å². The summed E-state index contributed by atoms with van der Waals surface area (Å²) < 4.78 is 38.0. The van der Waals surface area contributed by atoms with Crippen LogP contribution < -0.4 is 5.63 Å². The van der Waals surface area contributed by atoms with E-state index in [1.807, 2.05) is 13.0 Å². The minimum atomic E-state index is -3.81. The van der Waals surface area contributed by atoms with E-state index in [9.17, 15) is 18.0 Å². The van der Waals surface area contributed by atoms with Gasteiger partial charge in [0.1, 0.15) is 17.1 Å². The van der Waals surface area contributed by atoms with Crippen molar-refractivity contribution in [3.8, 4) is 0 Å². The summed E-state index contributed by atoms with van der Waals surface area (Å²) in [5, 5.41) is 0.710. The third-order valence-corrected chi connectivity index (χ3v) is 7.82. The van der Waals surface area contributed by atoms with Crippen molar-refractivity contribution in [2.75, 3.05) is 13.1 Å². The van der Waals surface area contributed by atoms with E-state index in [0.29, 0.717) is 29.6 Å². The van der Waals surface area contributed by atoms with Crippen LogP contribution in [-0.4, -0.2) is 31.8 Å². The van der Waals surface area contributed by atoms with Crippen molar-refractivity contribution in [3.05, 3.63) is 74.6 Å². The van der Waals surface area contributed by atoms with Gasteiger partial charge in [0.2, 0.25) is 10.0 Å². The number of benzene rings is 2. The highest BCUT2D eigenvalue weighted by atomic mass is 35.5. The Morgan fingerprint density at radius 3 is 2.59 bits per heavy atom. The molecule has 1 aromatic heterocycles. The van der Waals surface area contributed by atoms with Crippen LogP contribution in [0, 0.1) is 6.92 Å². The molecule has 1 aliphatic heterocycles. The summed E-state index contributed by atoms with van der Waals surface area (Å²) in [6.07, 6.45) is 2.56. The second kappa shape index (κ2) is 9.05. The van der Waals surface area contributed by atoms with Crippen molar-refractivity contribution in [3.63, 3.8) is 0 Å². The van der Waals surface area contributed by atoms with Crippen LogP contribution in [0.1, 0.15) is 40.7 Å². The van der Waals surface area contributed by atoms with Crippen LogP contribution in [0.25, 0.3) is 11.0 Å². The molecule has 0 N–H and O–H groups in total. The van der Waals surface area contributed by atoms with Crippen molar-refractivity contribution < 1.29 is 22.4 Å². The molecule has 2 heterocycles. The summed E-state index contributed by atoms with van der Waals surface area (Å²) in [6, 6.07) is 10.7. The van der Waals surface area contributed by atoms with Gasteiger partial charge in [-0.25, -0.2) is 18.0 Å². The Balaban J connectivity index is 1.58. The largest absolute Gasteiger partial charge is 0.457 e. The highest BCUT2D eigenvalue weighted by molar-refractivity contribution is 7.89. The molecule has 32 heavy (non-hydrogen) atoms. The molecular formula is C23H22ClNO6S. The van der Waals surface area contributed by atoms with E-state index in [1.165, 1.54) is 28.6 Å². The maximum atomic E-state index is 13.0. The van der Waals surface area contributed by atoms with Gasteiger partial charge in [0.15, 0.2) is 0 Å². The lowest BCUT2D eigenvalue weighted by atomic mass is 10.1. The summed E-state index contributed by atoms with van der Waals surface area (Å²) in [7, 11) is -3.81. The summed E-state index contributed by atoms with van der Waals surface area (Å²) >= 11 is 6.17. The normalized spacial score (nSPS) is 15.1. The number of hydrogen-bond donors (Lipinski definition) is 0. The lowest BCUT2D eigenvalue weighted by Gasteiger charge is -2.26.